The van der Waals surface area contributed by atoms with Crippen molar-refractivity contribution < 1.29 is 5.11 Å². The zero-order valence-corrected chi connectivity index (χ0v) is 19.9. The molecule has 2 heterocycles. The molecule has 34 heavy (non-hydrogen) atoms. The van der Waals surface area contributed by atoms with Crippen molar-refractivity contribution in [3.8, 4) is 28.2 Å². The molecule has 0 spiro atoms. The Morgan fingerprint density at radius 3 is 2.21 bits per heavy atom. The van der Waals surface area contributed by atoms with E-state index in [0.717, 1.165) is 38.0 Å². The minimum Gasteiger partial charge on any atom is -0.387 e. The molecule has 0 aliphatic heterocycles. The van der Waals surface area contributed by atoms with E-state index in [1.54, 1.807) is 31.1 Å². The lowest BCUT2D eigenvalue weighted by Crippen LogP contribution is -1.97. The van der Waals surface area contributed by atoms with Gasteiger partial charge in [-0.15, -0.1) is 0 Å². The van der Waals surface area contributed by atoms with Crippen LogP contribution in [0.2, 0.25) is 5.02 Å². The fourth-order valence-corrected chi connectivity index (χ4v) is 4.54. The lowest BCUT2D eigenvalue weighted by molar-refractivity contribution is 0.194. The van der Waals surface area contributed by atoms with Crippen molar-refractivity contribution in [3.05, 3.63) is 108 Å². The predicted molar refractivity (Wildman–Crippen MR) is 136 cm³/mol. The number of hydrogen-bond acceptors (Lipinski definition) is 5. The van der Waals surface area contributed by atoms with Gasteiger partial charge in [-0.25, -0.2) is 4.68 Å². The second kappa shape index (κ2) is 9.81. The number of rotatable bonds is 6. The average Bonchev–Trinajstić information content (AvgIpc) is 3.30. The van der Waals surface area contributed by atoms with Crippen LogP contribution in [0.5, 0.6) is 0 Å². The lowest BCUT2D eigenvalue weighted by atomic mass is 10.1. The Morgan fingerprint density at radius 2 is 1.56 bits per heavy atom. The summed E-state index contributed by atoms with van der Waals surface area (Å²) in [6, 6.07) is 26.0. The number of aromatic nitrogens is 4. The van der Waals surface area contributed by atoms with Gasteiger partial charge in [-0.05, 0) is 43.3 Å². The summed E-state index contributed by atoms with van der Waals surface area (Å²) in [4.78, 5) is 10.9. The first-order chi connectivity index (χ1) is 16.6. The van der Waals surface area contributed by atoms with Gasteiger partial charge in [0, 0.05) is 27.2 Å². The third-order valence-corrected chi connectivity index (χ3v) is 6.58. The lowest BCUT2D eigenvalue weighted by Gasteiger charge is -2.06. The van der Waals surface area contributed by atoms with Crippen molar-refractivity contribution in [1.82, 2.24) is 19.7 Å². The van der Waals surface area contributed by atoms with Crippen LogP contribution in [0, 0.1) is 0 Å². The Balaban J connectivity index is 1.49. The first-order valence-electron chi connectivity index (χ1n) is 10.8. The summed E-state index contributed by atoms with van der Waals surface area (Å²) < 4.78 is 1.90. The summed E-state index contributed by atoms with van der Waals surface area (Å²) in [7, 11) is 0. The van der Waals surface area contributed by atoms with Gasteiger partial charge < -0.3 is 5.11 Å². The van der Waals surface area contributed by atoms with Crippen molar-refractivity contribution in [2.24, 2.45) is 0 Å². The Kier molecular flexibility index (Phi) is 6.45. The van der Waals surface area contributed by atoms with Crippen LogP contribution in [-0.4, -0.2) is 24.9 Å². The van der Waals surface area contributed by atoms with E-state index in [0.29, 0.717) is 10.7 Å². The molecule has 5 rings (SSSR count). The zero-order chi connectivity index (χ0) is 23.5. The summed E-state index contributed by atoms with van der Waals surface area (Å²) in [5.74, 6) is 0. The summed E-state index contributed by atoms with van der Waals surface area (Å²) >= 11 is 7.72. The normalized spacial score (nSPS) is 12.0. The van der Waals surface area contributed by atoms with Crippen LogP contribution in [0.25, 0.3) is 28.2 Å². The van der Waals surface area contributed by atoms with Gasteiger partial charge in [0.2, 0.25) is 0 Å². The predicted octanol–water partition coefficient (Wildman–Crippen LogP) is 6.85. The molecule has 168 valence electrons. The molecule has 1 N–H and O–H groups in total. The number of benzene rings is 3. The van der Waals surface area contributed by atoms with Crippen molar-refractivity contribution in [2.75, 3.05) is 0 Å². The van der Waals surface area contributed by atoms with Crippen LogP contribution in [-0.2, 0) is 0 Å². The first kappa shape index (κ1) is 22.3. The molecule has 2 aromatic heterocycles. The number of aliphatic hydroxyl groups excluding tert-OH is 1. The van der Waals surface area contributed by atoms with E-state index in [9.17, 15) is 5.11 Å². The number of nitrogens with zero attached hydrogens (tertiary/aromatic N) is 4. The maximum atomic E-state index is 9.66. The third kappa shape index (κ3) is 4.89. The van der Waals surface area contributed by atoms with E-state index >= 15 is 0 Å². The SMILES string of the molecule is CC(O)c1cnc(-c2ccc(-c3nn(-c4ccccc4)cc3Sc3ccc(Cl)cc3)cc2)cn1. The molecule has 0 fully saturated rings. The molecule has 1 atom stereocenters. The molecule has 7 heteroatoms. The minimum atomic E-state index is -0.639. The molecule has 0 radical (unpaired) electrons. The van der Waals surface area contributed by atoms with Crippen LogP contribution in [0.3, 0.4) is 0 Å². The van der Waals surface area contributed by atoms with Gasteiger partial charge in [-0.3, -0.25) is 9.97 Å². The molecule has 0 aliphatic rings. The Labute approximate surface area is 207 Å². The zero-order valence-electron chi connectivity index (χ0n) is 18.3. The molecule has 5 nitrogen and oxygen atoms in total. The van der Waals surface area contributed by atoms with Crippen LogP contribution >= 0.6 is 23.4 Å². The molecular formula is C27H21ClN4OS. The summed E-state index contributed by atoms with van der Waals surface area (Å²) in [6.07, 6.45) is 4.71. The minimum absolute atomic E-state index is 0.552. The van der Waals surface area contributed by atoms with Gasteiger partial charge in [0.05, 0.1) is 40.5 Å². The van der Waals surface area contributed by atoms with Crippen LogP contribution in [0.15, 0.2) is 107 Å². The highest BCUT2D eigenvalue weighted by Gasteiger charge is 2.15. The van der Waals surface area contributed by atoms with E-state index in [2.05, 4.69) is 16.2 Å². The van der Waals surface area contributed by atoms with Crippen LogP contribution < -0.4 is 0 Å². The van der Waals surface area contributed by atoms with Gasteiger partial charge >= 0.3 is 0 Å². The highest BCUT2D eigenvalue weighted by atomic mass is 35.5. The van der Waals surface area contributed by atoms with Crippen LogP contribution in [0.1, 0.15) is 18.7 Å². The van der Waals surface area contributed by atoms with E-state index in [1.807, 2.05) is 83.5 Å². The first-order valence-corrected chi connectivity index (χ1v) is 12.0. The number of para-hydroxylation sites is 1. The number of hydrogen-bond donors (Lipinski definition) is 1. The third-order valence-electron chi connectivity index (χ3n) is 5.30. The number of aliphatic hydroxyl groups is 1. The molecule has 0 amide bonds. The molecule has 1 unspecified atom stereocenters. The Bertz CT molecular complexity index is 1380. The Morgan fingerprint density at radius 1 is 0.853 bits per heavy atom. The second-order valence-electron chi connectivity index (χ2n) is 7.76. The van der Waals surface area contributed by atoms with Crippen molar-refractivity contribution in [3.63, 3.8) is 0 Å². The van der Waals surface area contributed by atoms with Crippen molar-refractivity contribution in [1.29, 1.82) is 0 Å². The quantitative estimate of drug-likeness (QED) is 0.285. The highest BCUT2D eigenvalue weighted by Crippen LogP contribution is 2.37. The summed E-state index contributed by atoms with van der Waals surface area (Å²) in [5.41, 5.74) is 5.14. The van der Waals surface area contributed by atoms with E-state index < -0.39 is 6.10 Å². The van der Waals surface area contributed by atoms with E-state index in [1.165, 1.54) is 0 Å². The fourth-order valence-electron chi connectivity index (χ4n) is 3.48. The topological polar surface area (TPSA) is 63.8 Å². The van der Waals surface area contributed by atoms with Gasteiger partial charge in [-0.1, -0.05) is 65.8 Å². The summed E-state index contributed by atoms with van der Waals surface area (Å²) in [5, 5.41) is 15.3. The molecule has 5 aromatic rings. The Hall–Kier alpha value is -3.45. The smallest absolute Gasteiger partial charge is 0.107 e. The van der Waals surface area contributed by atoms with Gasteiger partial charge in [-0.2, -0.15) is 5.10 Å². The summed E-state index contributed by atoms with van der Waals surface area (Å²) in [6.45, 7) is 1.67. The van der Waals surface area contributed by atoms with Gasteiger partial charge in [0.25, 0.3) is 0 Å². The molecule has 0 saturated heterocycles. The van der Waals surface area contributed by atoms with E-state index in [-0.39, 0.29) is 0 Å². The molecule has 0 bridgehead atoms. The standard InChI is InChI=1S/C27H21ClN4OS/c1-18(33)24-15-30-25(16-29-24)19-7-9-20(10-8-19)27-26(34-23-13-11-21(28)12-14-23)17-32(31-27)22-5-3-2-4-6-22/h2-18,33H,1H3. The molecule has 0 saturated carbocycles. The van der Waals surface area contributed by atoms with Crippen molar-refractivity contribution >= 4 is 23.4 Å². The number of halogens is 1. The van der Waals surface area contributed by atoms with Gasteiger partial charge in [0.1, 0.15) is 5.69 Å². The molecular weight excluding hydrogens is 464 g/mol. The molecule has 0 aliphatic carbocycles. The van der Waals surface area contributed by atoms with Crippen molar-refractivity contribution in [2.45, 2.75) is 22.8 Å². The van der Waals surface area contributed by atoms with E-state index in [4.69, 9.17) is 16.7 Å². The van der Waals surface area contributed by atoms with Gasteiger partial charge in [0.15, 0.2) is 0 Å². The largest absolute Gasteiger partial charge is 0.387 e. The molecule has 3 aromatic carbocycles. The maximum Gasteiger partial charge on any atom is 0.107 e. The fraction of sp³-hybridized carbons (Fsp3) is 0.0741. The monoisotopic (exact) mass is 484 g/mol. The average molecular weight is 485 g/mol. The maximum absolute atomic E-state index is 9.66. The van der Waals surface area contributed by atoms with Crippen LogP contribution in [0.4, 0.5) is 0 Å². The second-order valence-corrected chi connectivity index (χ2v) is 9.31. The highest BCUT2D eigenvalue weighted by molar-refractivity contribution is 7.99.